The van der Waals surface area contributed by atoms with Gasteiger partial charge in [0.15, 0.2) is 0 Å². The van der Waals surface area contributed by atoms with Crippen LogP contribution >= 0.6 is 0 Å². The maximum atomic E-state index is 13.3. The van der Waals surface area contributed by atoms with Gasteiger partial charge in [-0.2, -0.15) is 0 Å². The van der Waals surface area contributed by atoms with Gasteiger partial charge >= 0.3 is 0 Å². The van der Waals surface area contributed by atoms with Crippen molar-refractivity contribution in [3.63, 3.8) is 0 Å². The predicted octanol–water partition coefficient (Wildman–Crippen LogP) is 1.67. The molecule has 0 aliphatic rings. The van der Waals surface area contributed by atoms with Gasteiger partial charge in [0.2, 0.25) is 10.0 Å². The Hall–Kier alpha value is -0.980. The van der Waals surface area contributed by atoms with Crippen LogP contribution in [0.4, 0.5) is 4.39 Å². The van der Waals surface area contributed by atoms with E-state index >= 15 is 0 Å². The molecule has 6 heteroatoms. The first-order valence-electron chi connectivity index (χ1n) is 5.83. The van der Waals surface area contributed by atoms with E-state index in [1.165, 1.54) is 18.2 Å². The van der Waals surface area contributed by atoms with E-state index in [0.717, 1.165) is 0 Å². The summed E-state index contributed by atoms with van der Waals surface area (Å²) in [6.07, 6.45) is 0.602. The number of sulfonamides is 1. The van der Waals surface area contributed by atoms with Crippen molar-refractivity contribution in [2.24, 2.45) is 0 Å². The quantitative estimate of drug-likeness (QED) is 0.734. The van der Waals surface area contributed by atoms with Crippen LogP contribution in [0.2, 0.25) is 0 Å². The highest BCUT2D eigenvalue weighted by molar-refractivity contribution is 7.88. The van der Waals surface area contributed by atoms with E-state index in [1.807, 2.05) is 6.92 Å². The molecule has 1 aromatic carbocycles. The second kappa shape index (κ2) is 7.45. The number of nitrogens with one attached hydrogen (secondary N) is 1. The summed E-state index contributed by atoms with van der Waals surface area (Å²) in [7, 11) is -3.49. The average molecular weight is 275 g/mol. The topological polar surface area (TPSA) is 55.4 Å². The normalized spacial score (nSPS) is 11.7. The van der Waals surface area contributed by atoms with Gasteiger partial charge in [0.05, 0.1) is 5.75 Å². The Labute approximate surface area is 107 Å². The second-order valence-corrected chi connectivity index (χ2v) is 5.60. The van der Waals surface area contributed by atoms with Gasteiger partial charge in [-0.3, -0.25) is 0 Å². The van der Waals surface area contributed by atoms with E-state index < -0.39 is 15.8 Å². The molecule has 0 aromatic heterocycles. The van der Waals surface area contributed by atoms with E-state index in [0.29, 0.717) is 26.2 Å². The lowest BCUT2D eigenvalue weighted by Crippen LogP contribution is -2.27. The van der Waals surface area contributed by atoms with Gasteiger partial charge in [0, 0.05) is 25.3 Å². The lowest BCUT2D eigenvalue weighted by molar-refractivity contribution is 0.146. The molecular formula is C12H18FNO3S. The fourth-order valence-corrected chi connectivity index (χ4v) is 2.62. The molecule has 102 valence electrons. The van der Waals surface area contributed by atoms with Crippen molar-refractivity contribution in [2.45, 2.75) is 19.1 Å². The molecule has 0 radical (unpaired) electrons. The van der Waals surface area contributed by atoms with Gasteiger partial charge in [-0.25, -0.2) is 17.5 Å². The van der Waals surface area contributed by atoms with Crippen molar-refractivity contribution < 1.29 is 17.5 Å². The molecule has 1 N–H and O–H groups in total. The minimum atomic E-state index is -3.49. The van der Waals surface area contributed by atoms with Crippen LogP contribution < -0.4 is 4.72 Å². The minimum Gasteiger partial charge on any atom is -0.382 e. The first-order chi connectivity index (χ1) is 8.55. The lowest BCUT2D eigenvalue weighted by atomic mass is 10.2. The van der Waals surface area contributed by atoms with E-state index in [9.17, 15) is 12.8 Å². The molecule has 0 unspecified atom stereocenters. The first-order valence-corrected chi connectivity index (χ1v) is 7.49. The van der Waals surface area contributed by atoms with Crippen LogP contribution in [0.25, 0.3) is 0 Å². The van der Waals surface area contributed by atoms with Crippen molar-refractivity contribution in [1.82, 2.24) is 4.72 Å². The number of hydrogen-bond acceptors (Lipinski definition) is 3. The van der Waals surface area contributed by atoms with Crippen molar-refractivity contribution >= 4 is 10.0 Å². The van der Waals surface area contributed by atoms with Gasteiger partial charge in [0.25, 0.3) is 0 Å². The molecule has 0 bridgehead atoms. The molecule has 0 saturated carbocycles. The third-order valence-corrected chi connectivity index (χ3v) is 3.63. The van der Waals surface area contributed by atoms with Crippen molar-refractivity contribution in [2.75, 3.05) is 19.8 Å². The Kier molecular flexibility index (Phi) is 6.24. The standard InChI is InChI=1S/C12H18FNO3S/c1-2-17-9-5-8-14-18(15,16)10-11-6-3-4-7-12(11)13/h3-4,6-7,14H,2,5,8-10H2,1H3. The van der Waals surface area contributed by atoms with Crippen molar-refractivity contribution in [3.05, 3.63) is 35.6 Å². The fraction of sp³-hybridized carbons (Fsp3) is 0.500. The summed E-state index contributed by atoms with van der Waals surface area (Å²) in [5, 5.41) is 0. The zero-order valence-electron chi connectivity index (χ0n) is 10.4. The van der Waals surface area contributed by atoms with Crippen molar-refractivity contribution in [1.29, 1.82) is 0 Å². The Morgan fingerprint density at radius 2 is 2.06 bits per heavy atom. The van der Waals surface area contributed by atoms with E-state index in [-0.39, 0.29) is 11.3 Å². The Morgan fingerprint density at radius 3 is 2.72 bits per heavy atom. The zero-order chi connectivity index (χ0) is 13.4. The second-order valence-electron chi connectivity index (χ2n) is 3.80. The molecule has 0 aliphatic carbocycles. The van der Waals surface area contributed by atoms with Gasteiger partial charge in [0.1, 0.15) is 5.82 Å². The summed E-state index contributed by atoms with van der Waals surface area (Å²) in [5.74, 6) is -0.842. The third kappa shape index (κ3) is 5.57. The number of hydrogen-bond donors (Lipinski definition) is 1. The van der Waals surface area contributed by atoms with Crippen LogP contribution in [-0.4, -0.2) is 28.2 Å². The minimum absolute atomic E-state index is 0.176. The predicted molar refractivity (Wildman–Crippen MR) is 68.1 cm³/mol. The third-order valence-electron chi connectivity index (χ3n) is 2.29. The summed E-state index contributed by atoms with van der Waals surface area (Å²) in [4.78, 5) is 0. The fourth-order valence-electron chi connectivity index (χ4n) is 1.42. The van der Waals surface area contributed by atoms with Crippen LogP contribution in [0.15, 0.2) is 24.3 Å². The molecular weight excluding hydrogens is 257 g/mol. The summed E-state index contributed by atoms with van der Waals surface area (Å²) in [5.41, 5.74) is 0.176. The molecule has 0 aliphatic heterocycles. The molecule has 0 fully saturated rings. The van der Waals surface area contributed by atoms with Crippen LogP contribution in [-0.2, 0) is 20.5 Å². The lowest BCUT2D eigenvalue weighted by Gasteiger charge is -2.07. The number of rotatable bonds is 8. The molecule has 1 aromatic rings. The van der Waals surface area contributed by atoms with E-state index in [4.69, 9.17) is 4.74 Å². The highest BCUT2D eigenvalue weighted by Gasteiger charge is 2.13. The molecule has 0 saturated heterocycles. The van der Waals surface area contributed by atoms with E-state index in [2.05, 4.69) is 4.72 Å². The molecule has 0 spiro atoms. The highest BCUT2D eigenvalue weighted by Crippen LogP contribution is 2.09. The van der Waals surface area contributed by atoms with Gasteiger partial charge in [-0.15, -0.1) is 0 Å². The smallest absolute Gasteiger partial charge is 0.215 e. The highest BCUT2D eigenvalue weighted by atomic mass is 32.2. The molecule has 0 amide bonds. The monoisotopic (exact) mass is 275 g/mol. The van der Waals surface area contributed by atoms with Crippen LogP contribution in [0.3, 0.4) is 0 Å². The molecule has 0 heterocycles. The number of halogens is 1. The molecule has 4 nitrogen and oxygen atoms in total. The molecule has 18 heavy (non-hydrogen) atoms. The maximum absolute atomic E-state index is 13.3. The zero-order valence-corrected chi connectivity index (χ0v) is 11.2. The van der Waals surface area contributed by atoms with Crippen LogP contribution in [0.5, 0.6) is 0 Å². The first kappa shape index (κ1) is 15.1. The summed E-state index contributed by atoms with van der Waals surface area (Å²) < 4.78 is 44.1. The van der Waals surface area contributed by atoms with Crippen LogP contribution in [0.1, 0.15) is 18.9 Å². The SMILES string of the molecule is CCOCCCNS(=O)(=O)Cc1ccccc1F. The number of ether oxygens (including phenoxy) is 1. The molecule has 1 rings (SSSR count). The summed E-state index contributed by atoms with van der Waals surface area (Å²) >= 11 is 0. The Bertz CT molecular complexity index is 462. The maximum Gasteiger partial charge on any atom is 0.215 e. The summed E-state index contributed by atoms with van der Waals surface area (Å²) in [6.45, 7) is 3.31. The molecule has 0 atom stereocenters. The Morgan fingerprint density at radius 1 is 1.33 bits per heavy atom. The van der Waals surface area contributed by atoms with Gasteiger partial charge < -0.3 is 4.74 Å². The van der Waals surface area contributed by atoms with Crippen molar-refractivity contribution in [3.8, 4) is 0 Å². The van der Waals surface area contributed by atoms with Gasteiger partial charge in [-0.1, -0.05) is 18.2 Å². The Balaban J connectivity index is 2.43. The van der Waals surface area contributed by atoms with E-state index in [1.54, 1.807) is 6.07 Å². The van der Waals surface area contributed by atoms with Gasteiger partial charge in [-0.05, 0) is 19.4 Å². The van der Waals surface area contributed by atoms with Crippen LogP contribution in [0, 0.1) is 5.82 Å². The number of benzene rings is 1. The summed E-state index contributed by atoms with van der Waals surface area (Å²) in [6, 6.07) is 5.86. The average Bonchev–Trinajstić information content (AvgIpc) is 2.31. The largest absolute Gasteiger partial charge is 0.382 e.